The summed E-state index contributed by atoms with van der Waals surface area (Å²) in [6.45, 7) is 11.1. The molecule has 0 amide bonds. The number of rotatable bonds is 6. The van der Waals surface area contributed by atoms with E-state index in [2.05, 4.69) is 43.3 Å². The first-order valence-corrected chi connectivity index (χ1v) is 8.08. The maximum absolute atomic E-state index is 5.55. The SMILES string of the molecule is CCCNc1nc(C(C)C)nc(NC2CCCOC2)c1C. The summed E-state index contributed by atoms with van der Waals surface area (Å²) in [6, 6.07) is 0.353. The Bertz CT molecular complexity index is 456. The molecule has 0 aliphatic carbocycles. The molecule has 1 fully saturated rings. The summed E-state index contributed by atoms with van der Waals surface area (Å²) in [6.07, 6.45) is 3.33. The van der Waals surface area contributed by atoms with Crippen molar-refractivity contribution in [3.05, 3.63) is 11.4 Å². The van der Waals surface area contributed by atoms with Crippen LogP contribution in [0.3, 0.4) is 0 Å². The van der Waals surface area contributed by atoms with E-state index in [1.165, 1.54) is 0 Å². The second-order valence-electron chi connectivity index (χ2n) is 6.04. The summed E-state index contributed by atoms with van der Waals surface area (Å²) >= 11 is 0. The quantitative estimate of drug-likeness (QED) is 0.842. The van der Waals surface area contributed by atoms with Gasteiger partial charge in [-0.25, -0.2) is 9.97 Å². The molecular formula is C16H28N4O. The highest BCUT2D eigenvalue weighted by molar-refractivity contribution is 5.57. The van der Waals surface area contributed by atoms with Crippen molar-refractivity contribution >= 4 is 11.6 Å². The van der Waals surface area contributed by atoms with Crippen molar-refractivity contribution in [2.24, 2.45) is 0 Å². The third-order valence-electron chi connectivity index (χ3n) is 3.72. The topological polar surface area (TPSA) is 59.1 Å². The number of hydrogen-bond donors (Lipinski definition) is 2. The molecule has 118 valence electrons. The Kier molecular flexibility index (Phi) is 5.79. The maximum atomic E-state index is 5.55. The van der Waals surface area contributed by atoms with Gasteiger partial charge in [0.05, 0.1) is 12.6 Å². The van der Waals surface area contributed by atoms with Gasteiger partial charge in [-0.1, -0.05) is 20.8 Å². The Morgan fingerprint density at radius 3 is 2.67 bits per heavy atom. The Hall–Kier alpha value is -1.36. The first kappa shape index (κ1) is 16.0. The van der Waals surface area contributed by atoms with Crippen molar-refractivity contribution in [2.75, 3.05) is 30.4 Å². The van der Waals surface area contributed by atoms with Gasteiger partial charge in [0.15, 0.2) is 0 Å². The third-order valence-corrected chi connectivity index (χ3v) is 3.72. The summed E-state index contributed by atoms with van der Waals surface area (Å²) in [7, 11) is 0. The van der Waals surface area contributed by atoms with Crippen LogP contribution < -0.4 is 10.6 Å². The molecule has 5 heteroatoms. The number of aromatic nitrogens is 2. The molecule has 0 bridgehead atoms. The lowest BCUT2D eigenvalue weighted by Gasteiger charge is -2.25. The highest BCUT2D eigenvalue weighted by atomic mass is 16.5. The predicted octanol–water partition coefficient (Wildman–Crippen LogP) is 3.32. The zero-order valence-corrected chi connectivity index (χ0v) is 13.7. The van der Waals surface area contributed by atoms with Gasteiger partial charge < -0.3 is 15.4 Å². The van der Waals surface area contributed by atoms with E-state index in [1.54, 1.807) is 0 Å². The lowest BCUT2D eigenvalue weighted by Crippen LogP contribution is -2.31. The van der Waals surface area contributed by atoms with Crippen LogP contribution in [0, 0.1) is 6.92 Å². The van der Waals surface area contributed by atoms with E-state index in [9.17, 15) is 0 Å². The number of anilines is 2. The molecule has 1 unspecified atom stereocenters. The molecule has 1 aliphatic heterocycles. The predicted molar refractivity (Wildman–Crippen MR) is 87.1 cm³/mol. The van der Waals surface area contributed by atoms with Crippen LogP contribution in [0.25, 0.3) is 0 Å². The molecule has 1 saturated heterocycles. The molecule has 0 radical (unpaired) electrons. The molecule has 0 spiro atoms. The van der Waals surface area contributed by atoms with Gasteiger partial charge in [-0.05, 0) is 26.2 Å². The molecule has 1 aromatic heterocycles. The highest BCUT2D eigenvalue weighted by Gasteiger charge is 2.18. The van der Waals surface area contributed by atoms with E-state index >= 15 is 0 Å². The minimum atomic E-state index is 0.316. The summed E-state index contributed by atoms with van der Waals surface area (Å²) < 4.78 is 5.55. The minimum absolute atomic E-state index is 0.316. The number of nitrogens with one attached hydrogen (secondary N) is 2. The van der Waals surface area contributed by atoms with Gasteiger partial charge in [-0.2, -0.15) is 0 Å². The lowest BCUT2D eigenvalue weighted by molar-refractivity contribution is 0.0875. The van der Waals surface area contributed by atoms with Gasteiger partial charge >= 0.3 is 0 Å². The minimum Gasteiger partial charge on any atom is -0.379 e. The van der Waals surface area contributed by atoms with Crippen LogP contribution in [-0.4, -0.2) is 35.8 Å². The molecule has 5 nitrogen and oxygen atoms in total. The smallest absolute Gasteiger partial charge is 0.135 e. The molecule has 2 heterocycles. The maximum Gasteiger partial charge on any atom is 0.135 e. The number of hydrogen-bond acceptors (Lipinski definition) is 5. The summed E-state index contributed by atoms with van der Waals surface area (Å²) in [5.74, 6) is 3.10. The molecule has 21 heavy (non-hydrogen) atoms. The van der Waals surface area contributed by atoms with Gasteiger partial charge in [0.25, 0.3) is 0 Å². The van der Waals surface area contributed by atoms with E-state index < -0.39 is 0 Å². The molecule has 0 saturated carbocycles. The van der Waals surface area contributed by atoms with Crippen molar-refractivity contribution in [2.45, 2.75) is 58.9 Å². The van der Waals surface area contributed by atoms with E-state index in [4.69, 9.17) is 9.72 Å². The van der Waals surface area contributed by atoms with Crippen LogP contribution >= 0.6 is 0 Å². The summed E-state index contributed by atoms with van der Waals surface area (Å²) in [5.41, 5.74) is 1.10. The van der Waals surface area contributed by atoms with E-state index in [0.717, 1.165) is 62.0 Å². The monoisotopic (exact) mass is 292 g/mol. The summed E-state index contributed by atoms with van der Waals surface area (Å²) in [4.78, 5) is 9.39. The van der Waals surface area contributed by atoms with Crippen molar-refractivity contribution < 1.29 is 4.74 Å². The zero-order valence-electron chi connectivity index (χ0n) is 13.7. The van der Waals surface area contributed by atoms with Gasteiger partial charge in [0, 0.05) is 24.6 Å². The number of nitrogens with zero attached hydrogens (tertiary/aromatic N) is 2. The average molecular weight is 292 g/mol. The van der Waals surface area contributed by atoms with Crippen molar-refractivity contribution in [3.8, 4) is 0 Å². The van der Waals surface area contributed by atoms with Crippen molar-refractivity contribution in [1.82, 2.24) is 9.97 Å². The molecule has 1 atom stereocenters. The van der Waals surface area contributed by atoms with Gasteiger partial charge in [0.2, 0.25) is 0 Å². The highest BCUT2D eigenvalue weighted by Crippen LogP contribution is 2.24. The molecule has 1 aliphatic rings. The molecule has 2 N–H and O–H groups in total. The van der Waals surface area contributed by atoms with Crippen LogP contribution in [-0.2, 0) is 4.74 Å². The van der Waals surface area contributed by atoms with Gasteiger partial charge in [-0.3, -0.25) is 0 Å². The Morgan fingerprint density at radius 2 is 2.05 bits per heavy atom. The fraction of sp³-hybridized carbons (Fsp3) is 0.750. The van der Waals surface area contributed by atoms with Crippen LogP contribution in [0.4, 0.5) is 11.6 Å². The van der Waals surface area contributed by atoms with Gasteiger partial charge in [-0.15, -0.1) is 0 Å². The molecule has 0 aromatic carbocycles. The van der Waals surface area contributed by atoms with Crippen LogP contribution in [0.15, 0.2) is 0 Å². The Labute approximate surface area is 127 Å². The molecule has 2 rings (SSSR count). The summed E-state index contributed by atoms with van der Waals surface area (Å²) in [5, 5.41) is 6.96. The zero-order chi connectivity index (χ0) is 15.2. The standard InChI is InChI=1S/C16H28N4O/c1-5-8-17-15-12(4)16(20-14(19-15)11(2)3)18-13-7-6-9-21-10-13/h11,13H,5-10H2,1-4H3,(H2,17,18,19,20). The van der Waals surface area contributed by atoms with Crippen LogP contribution in [0.5, 0.6) is 0 Å². The average Bonchev–Trinajstić information content (AvgIpc) is 2.49. The molecule has 1 aromatic rings. The van der Waals surface area contributed by atoms with Crippen LogP contribution in [0.2, 0.25) is 0 Å². The second-order valence-corrected chi connectivity index (χ2v) is 6.04. The fourth-order valence-corrected chi connectivity index (χ4v) is 2.40. The molecular weight excluding hydrogens is 264 g/mol. The van der Waals surface area contributed by atoms with Crippen LogP contribution in [0.1, 0.15) is 57.3 Å². The normalized spacial score (nSPS) is 18.8. The van der Waals surface area contributed by atoms with Crippen molar-refractivity contribution in [3.63, 3.8) is 0 Å². The lowest BCUT2D eigenvalue weighted by atomic mass is 10.1. The Morgan fingerprint density at radius 1 is 1.29 bits per heavy atom. The van der Waals surface area contributed by atoms with E-state index in [-0.39, 0.29) is 0 Å². The van der Waals surface area contributed by atoms with Gasteiger partial charge in [0.1, 0.15) is 17.5 Å². The van der Waals surface area contributed by atoms with E-state index in [0.29, 0.717) is 12.0 Å². The number of ether oxygens (including phenoxy) is 1. The Balaban J connectivity index is 2.22. The second kappa shape index (κ2) is 7.59. The fourth-order valence-electron chi connectivity index (χ4n) is 2.40. The largest absolute Gasteiger partial charge is 0.379 e. The van der Waals surface area contributed by atoms with E-state index in [1.807, 2.05) is 0 Å². The first-order chi connectivity index (χ1) is 10.1. The van der Waals surface area contributed by atoms with Crippen molar-refractivity contribution in [1.29, 1.82) is 0 Å². The third kappa shape index (κ3) is 4.30. The first-order valence-electron chi connectivity index (χ1n) is 8.08.